The summed E-state index contributed by atoms with van der Waals surface area (Å²) in [4.78, 5) is 16.1. The van der Waals surface area contributed by atoms with Gasteiger partial charge in [0, 0.05) is 7.05 Å². The molecule has 2 rings (SSSR count). The first-order valence-electron chi connectivity index (χ1n) is 5.48. The number of sulfonamides is 1. The highest BCUT2D eigenvalue weighted by Crippen LogP contribution is 2.31. The van der Waals surface area contributed by atoms with E-state index in [1.807, 2.05) is 0 Å². The van der Waals surface area contributed by atoms with Crippen molar-refractivity contribution in [3.63, 3.8) is 0 Å². The van der Waals surface area contributed by atoms with Crippen LogP contribution in [0.2, 0.25) is 0 Å². The molecule has 2 N–H and O–H groups in total. The van der Waals surface area contributed by atoms with Crippen LogP contribution in [0.3, 0.4) is 0 Å². The Bertz CT molecular complexity index is 566. The standard InChI is InChI=1S/C11H14N2O4S/c1-13(17-11(14)8-6-7-8)18(15,16)10-5-3-2-4-9(10)12/h2-5,8H,6-7,12H2,1H3. The van der Waals surface area contributed by atoms with Crippen LogP contribution in [0.1, 0.15) is 12.8 Å². The lowest BCUT2D eigenvalue weighted by Crippen LogP contribution is -2.31. The minimum absolute atomic E-state index is 0.0731. The number of hydroxylamine groups is 1. The minimum Gasteiger partial charge on any atom is -0.398 e. The molecule has 6 nitrogen and oxygen atoms in total. The molecule has 0 amide bonds. The van der Waals surface area contributed by atoms with Gasteiger partial charge in [0.15, 0.2) is 0 Å². The van der Waals surface area contributed by atoms with Gasteiger partial charge in [-0.1, -0.05) is 12.1 Å². The van der Waals surface area contributed by atoms with Gasteiger partial charge in [-0.05, 0) is 29.4 Å². The number of benzene rings is 1. The van der Waals surface area contributed by atoms with E-state index in [2.05, 4.69) is 0 Å². The molecule has 0 spiro atoms. The quantitative estimate of drug-likeness (QED) is 0.644. The predicted molar refractivity (Wildman–Crippen MR) is 64.6 cm³/mol. The van der Waals surface area contributed by atoms with Crippen molar-refractivity contribution in [1.29, 1.82) is 0 Å². The minimum atomic E-state index is -3.91. The number of nitrogen functional groups attached to an aromatic ring is 1. The lowest BCUT2D eigenvalue weighted by Gasteiger charge is -2.17. The molecule has 0 aliphatic heterocycles. The van der Waals surface area contributed by atoms with Gasteiger partial charge >= 0.3 is 5.97 Å². The van der Waals surface area contributed by atoms with Crippen LogP contribution in [0.4, 0.5) is 5.69 Å². The van der Waals surface area contributed by atoms with Crippen molar-refractivity contribution < 1.29 is 18.0 Å². The van der Waals surface area contributed by atoms with Crippen molar-refractivity contribution in [1.82, 2.24) is 4.47 Å². The first-order valence-corrected chi connectivity index (χ1v) is 6.92. The molecule has 1 aliphatic rings. The largest absolute Gasteiger partial charge is 0.398 e. The fourth-order valence-electron chi connectivity index (χ4n) is 1.42. The third-order valence-electron chi connectivity index (χ3n) is 2.66. The average Bonchev–Trinajstić information content (AvgIpc) is 3.12. The Labute approximate surface area is 105 Å². The smallest absolute Gasteiger partial charge is 0.329 e. The molecule has 0 aromatic heterocycles. The van der Waals surface area contributed by atoms with Crippen molar-refractivity contribution in [3.8, 4) is 0 Å². The Balaban J connectivity index is 2.20. The fraction of sp³-hybridized carbons (Fsp3) is 0.364. The lowest BCUT2D eigenvalue weighted by molar-refractivity contribution is -0.167. The lowest BCUT2D eigenvalue weighted by atomic mass is 10.3. The van der Waals surface area contributed by atoms with Gasteiger partial charge < -0.3 is 10.6 Å². The van der Waals surface area contributed by atoms with E-state index in [0.717, 1.165) is 12.8 Å². The molecule has 0 radical (unpaired) electrons. The van der Waals surface area contributed by atoms with E-state index < -0.39 is 16.0 Å². The summed E-state index contributed by atoms with van der Waals surface area (Å²) in [6.45, 7) is 0. The van der Waals surface area contributed by atoms with Crippen LogP contribution in [0.15, 0.2) is 29.2 Å². The van der Waals surface area contributed by atoms with Crippen molar-refractivity contribution in [2.45, 2.75) is 17.7 Å². The maximum Gasteiger partial charge on any atom is 0.329 e. The van der Waals surface area contributed by atoms with Crippen LogP contribution in [0.5, 0.6) is 0 Å². The highest BCUT2D eigenvalue weighted by molar-refractivity contribution is 7.89. The van der Waals surface area contributed by atoms with Crippen molar-refractivity contribution in [2.75, 3.05) is 12.8 Å². The molecule has 0 heterocycles. The molecule has 18 heavy (non-hydrogen) atoms. The molecule has 1 fully saturated rings. The molecular formula is C11H14N2O4S. The van der Waals surface area contributed by atoms with Crippen LogP contribution in [-0.2, 0) is 19.7 Å². The summed E-state index contributed by atoms with van der Waals surface area (Å²) in [5.74, 6) is -0.689. The van der Waals surface area contributed by atoms with E-state index in [1.54, 1.807) is 12.1 Å². The number of carbonyl (C=O) groups excluding carboxylic acids is 1. The first-order chi connectivity index (χ1) is 8.43. The Morgan fingerprint density at radius 3 is 2.56 bits per heavy atom. The molecule has 1 aliphatic carbocycles. The van der Waals surface area contributed by atoms with Gasteiger partial charge in [0.25, 0.3) is 10.0 Å². The highest BCUT2D eigenvalue weighted by Gasteiger charge is 2.35. The van der Waals surface area contributed by atoms with Crippen molar-refractivity contribution >= 4 is 21.7 Å². The Morgan fingerprint density at radius 2 is 2.00 bits per heavy atom. The van der Waals surface area contributed by atoms with Gasteiger partial charge in [-0.2, -0.15) is 0 Å². The van der Waals surface area contributed by atoms with Crippen LogP contribution in [-0.4, -0.2) is 25.9 Å². The number of carbonyl (C=O) groups is 1. The summed E-state index contributed by atoms with van der Waals surface area (Å²) in [7, 11) is -2.72. The number of rotatable bonds is 4. The van der Waals surface area contributed by atoms with Gasteiger partial charge in [-0.25, -0.2) is 8.42 Å². The second kappa shape index (κ2) is 4.58. The summed E-state index contributed by atoms with van der Waals surface area (Å²) in [6.07, 6.45) is 1.50. The summed E-state index contributed by atoms with van der Waals surface area (Å²) >= 11 is 0. The summed E-state index contributed by atoms with van der Waals surface area (Å²) in [6, 6.07) is 6.03. The molecule has 0 saturated heterocycles. The third kappa shape index (κ3) is 2.46. The molecular weight excluding hydrogens is 256 g/mol. The first kappa shape index (κ1) is 12.8. The number of nitrogens with zero attached hydrogens (tertiary/aromatic N) is 1. The molecule has 1 aromatic carbocycles. The maximum absolute atomic E-state index is 12.1. The number of hydrogen-bond donors (Lipinski definition) is 1. The fourth-order valence-corrected chi connectivity index (χ4v) is 2.49. The number of hydrogen-bond acceptors (Lipinski definition) is 5. The predicted octanol–water partition coefficient (Wildman–Crippen LogP) is 0.758. The average molecular weight is 270 g/mol. The van der Waals surface area contributed by atoms with Crippen LogP contribution in [0, 0.1) is 5.92 Å². The van der Waals surface area contributed by atoms with Gasteiger partial charge in [0.1, 0.15) is 4.90 Å². The zero-order valence-electron chi connectivity index (χ0n) is 9.87. The summed E-state index contributed by atoms with van der Waals surface area (Å²) in [5, 5.41) is 0. The van der Waals surface area contributed by atoms with Gasteiger partial charge in [-0.3, -0.25) is 4.79 Å². The molecule has 0 unspecified atom stereocenters. The van der Waals surface area contributed by atoms with Gasteiger partial charge in [0.2, 0.25) is 0 Å². The molecule has 7 heteroatoms. The van der Waals surface area contributed by atoms with E-state index >= 15 is 0 Å². The van der Waals surface area contributed by atoms with E-state index in [-0.39, 0.29) is 16.5 Å². The maximum atomic E-state index is 12.1. The number of anilines is 1. The SMILES string of the molecule is CN(OC(=O)C1CC1)S(=O)(=O)c1ccccc1N. The number of nitrogens with two attached hydrogens (primary N) is 1. The molecule has 1 aromatic rings. The van der Waals surface area contributed by atoms with E-state index in [1.165, 1.54) is 19.2 Å². The van der Waals surface area contributed by atoms with E-state index in [0.29, 0.717) is 4.47 Å². The van der Waals surface area contributed by atoms with Crippen molar-refractivity contribution in [2.24, 2.45) is 5.92 Å². The van der Waals surface area contributed by atoms with Crippen LogP contribution in [0.25, 0.3) is 0 Å². The van der Waals surface area contributed by atoms with E-state index in [9.17, 15) is 13.2 Å². The monoisotopic (exact) mass is 270 g/mol. The summed E-state index contributed by atoms with van der Waals surface area (Å²) in [5.41, 5.74) is 5.72. The Kier molecular flexibility index (Phi) is 3.27. The molecule has 1 saturated carbocycles. The van der Waals surface area contributed by atoms with Crippen molar-refractivity contribution in [3.05, 3.63) is 24.3 Å². The van der Waals surface area contributed by atoms with Gasteiger partial charge in [0.05, 0.1) is 11.6 Å². The highest BCUT2D eigenvalue weighted by atomic mass is 32.2. The zero-order chi connectivity index (χ0) is 13.3. The molecule has 98 valence electrons. The second-order valence-electron chi connectivity index (χ2n) is 4.14. The van der Waals surface area contributed by atoms with Crippen LogP contribution >= 0.6 is 0 Å². The van der Waals surface area contributed by atoms with E-state index in [4.69, 9.17) is 10.6 Å². The van der Waals surface area contributed by atoms with Crippen LogP contribution < -0.4 is 5.73 Å². The second-order valence-corrected chi connectivity index (χ2v) is 6.04. The summed E-state index contributed by atoms with van der Waals surface area (Å²) < 4.78 is 24.8. The molecule has 0 atom stereocenters. The topological polar surface area (TPSA) is 89.7 Å². The normalized spacial score (nSPS) is 15.7. The zero-order valence-corrected chi connectivity index (χ0v) is 10.7. The molecule has 0 bridgehead atoms. The Hall–Kier alpha value is -1.60. The third-order valence-corrected chi connectivity index (χ3v) is 4.34. The Morgan fingerprint density at radius 1 is 1.39 bits per heavy atom. The number of para-hydroxylation sites is 1. The van der Waals surface area contributed by atoms with Gasteiger partial charge in [-0.15, -0.1) is 0 Å².